The first kappa shape index (κ1) is 17.5. The summed E-state index contributed by atoms with van der Waals surface area (Å²) in [5, 5.41) is 3.44. The Morgan fingerprint density at radius 2 is 2.11 bits per heavy atom. The number of amides is 2. The number of hydrogen-bond donors (Lipinski definition) is 1. The first-order valence-corrected chi connectivity index (χ1v) is 9.53. The minimum absolute atomic E-state index is 0.00483. The van der Waals surface area contributed by atoms with E-state index in [1.165, 1.54) is 16.9 Å². The molecular formula is C20H19N3O3S. The first-order valence-electron chi connectivity index (χ1n) is 8.71. The van der Waals surface area contributed by atoms with Crippen LogP contribution in [0.3, 0.4) is 0 Å². The number of anilines is 2. The summed E-state index contributed by atoms with van der Waals surface area (Å²) < 4.78 is 6.48. The molecule has 1 aliphatic rings. The zero-order valence-electron chi connectivity index (χ0n) is 15.1. The molecule has 2 aromatic carbocycles. The van der Waals surface area contributed by atoms with Crippen LogP contribution in [0.5, 0.6) is 5.75 Å². The summed E-state index contributed by atoms with van der Waals surface area (Å²) in [4.78, 5) is 30.7. The van der Waals surface area contributed by atoms with Crippen LogP contribution >= 0.6 is 11.3 Å². The number of ether oxygens (including phenoxy) is 1. The van der Waals surface area contributed by atoms with Gasteiger partial charge in [0.1, 0.15) is 5.75 Å². The highest BCUT2D eigenvalue weighted by Crippen LogP contribution is 2.32. The molecule has 3 aromatic rings. The third kappa shape index (κ3) is 3.50. The molecule has 0 spiro atoms. The topological polar surface area (TPSA) is 71.5 Å². The maximum absolute atomic E-state index is 12.4. The Morgan fingerprint density at radius 3 is 2.96 bits per heavy atom. The number of nitrogens with one attached hydrogen (secondary N) is 1. The van der Waals surface area contributed by atoms with Crippen LogP contribution in [0.4, 0.5) is 10.8 Å². The molecule has 27 heavy (non-hydrogen) atoms. The SMILES string of the molecule is Cc1cc(C)c2nc(NC(=O)CCN3C(=O)COc4ccccc43)sc2c1. The van der Waals surface area contributed by atoms with Crippen LogP contribution in [-0.2, 0) is 9.59 Å². The van der Waals surface area contributed by atoms with Crippen molar-refractivity contribution in [1.82, 2.24) is 4.98 Å². The van der Waals surface area contributed by atoms with Gasteiger partial charge >= 0.3 is 0 Å². The Kier molecular flexibility index (Phi) is 4.53. The summed E-state index contributed by atoms with van der Waals surface area (Å²) in [5.74, 6) is 0.349. The summed E-state index contributed by atoms with van der Waals surface area (Å²) in [6.45, 7) is 4.35. The Bertz CT molecular complexity index is 1040. The molecule has 4 rings (SSSR count). The van der Waals surface area contributed by atoms with E-state index in [-0.39, 0.29) is 24.8 Å². The summed E-state index contributed by atoms with van der Waals surface area (Å²) in [7, 11) is 0. The second-order valence-electron chi connectivity index (χ2n) is 6.55. The summed E-state index contributed by atoms with van der Waals surface area (Å²) in [6.07, 6.45) is 0.189. The van der Waals surface area contributed by atoms with Crippen molar-refractivity contribution in [3.63, 3.8) is 0 Å². The molecule has 1 aliphatic heterocycles. The van der Waals surface area contributed by atoms with E-state index in [9.17, 15) is 9.59 Å². The fraction of sp³-hybridized carbons (Fsp3) is 0.250. The van der Waals surface area contributed by atoms with Crippen LogP contribution in [0.15, 0.2) is 36.4 Å². The van der Waals surface area contributed by atoms with Gasteiger partial charge in [0.15, 0.2) is 11.7 Å². The average Bonchev–Trinajstić information content (AvgIpc) is 3.03. The zero-order valence-corrected chi connectivity index (χ0v) is 15.9. The molecule has 0 aliphatic carbocycles. The minimum atomic E-state index is -0.166. The quantitative estimate of drug-likeness (QED) is 0.749. The van der Waals surface area contributed by atoms with E-state index in [1.807, 2.05) is 38.1 Å². The van der Waals surface area contributed by atoms with E-state index in [1.54, 1.807) is 4.90 Å². The van der Waals surface area contributed by atoms with Crippen molar-refractivity contribution in [1.29, 1.82) is 0 Å². The maximum Gasteiger partial charge on any atom is 0.265 e. The Morgan fingerprint density at radius 1 is 1.30 bits per heavy atom. The number of para-hydroxylation sites is 2. The monoisotopic (exact) mass is 381 g/mol. The lowest BCUT2D eigenvalue weighted by molar-refractivity contribution is -0.121. The smallest absolute Gasteiger partial charge is 0.265 e. The van der Waals surface area contributed by atoms with Crippen LogP contribution in [0.25, 0.3) is 10.2 Å². The molecule has 0 bridgehead atoms. The number of carbonyl (C=O) groups is 2. The molecule has 1 aromatic heterocycles. The molecule has 0 saturated heterocycles. The van der Waals surface area contributed by atoms with Gasteiger partial charge in [-0.3, -0.25) is 9.59 Å². The van der Waals surface area contributed by atoms with Crippen molar-refractivity contribution in [2.45, 2.75) is 20.3 Å². The molecule has 7 heteroatoms. The molecule has 0 atom stereocenters. The highest BCUT2D eigenvalue weighted by atomic mass is 32.1. The normalized spacial score (nSPS) is 13.4. The Labute approximate surface area is 160 Å². The fourth-order valence-electron chi connectivity index (χ4n) is 3.22. The van der Waals surface area contributed by atoms with E-state index in [2.05, 4.69) is 22.4 Å². The molecule has 2 heterocycles. The van der Waals surface area contributed by atoms with Gasteiger partial charge in [-0.15, -0.1) is 0 Å². The van der Waals surface area contributed by atoms with Crippen LogP contribution in [0, 0.1) is 13.8 Å². The number of rotatable bonds is 4. The van der Waals surface area contributed by atoms with Gasteiger partial charge in [0, 0.05) is 13.0 Å². The highest BCUT2D eigenvalue weighted by molar-refractivity contribution is 7.22. The minimum Gasteiger partial charge on any atom is -0.482 e. The third-order valence-corrected chi connectivity index (χ3v) is 5.36. The number of thiazole rings is 1. The van der Waals surface area contributed by atoms with Crippen LogP contribution in [0.2, 0.25) is 0 Å². The number of benzene rings is 2. The lowest BCUT2D eigenvalue weighted by Gasteiger charge is -2.29. The second-order valence-corrected chi connectivity index (χ2v) is 7.58. The number of hydrogen-bond acceptors (Lipinski definition) is 5. The average molecular weight is 381 g/mol. The van der Waals surface area contributed by atoms with E-state index in [4.69, 9.17) is 4.74 Å². The molecule has 0 saturated carbocycles. The first-order chi connectivity index (χ1) is 13.0. The van der Waals surface area contributed by atoms with Crippen molar-refractivity contribution in [2.75, 3.05) is 23.4 Å². The largest absolute Gasteiger partial charge is 0.482 e. The van der Waals surface area contributed by atoms with Crippen molar-refractivity contribution >= 4 is 44.2 Å². The van der Waals surface area contributed by atoms with Gasteiger partial charge in [0.2, 0.25) is 5.91 Å². The molecule has 0 radical (unpaired) electrons. The van der Waals surface area contributed by atoms with Crippen molar-refractivity contribution in [2.24, 2.45) is 0 Å². The highest BCUT2D eigenvalue weighted by Gasteiger charge is 2.25. The van der Waals surface area contributed by atoms with Crippen molar-refractivity contribution < 1.29 is 14.3 Å². The van der Waals surface area contributed by atoms with Gasteiger partial charge in [0.25, 0.3) is 5.91 Å². The fourth-order valence-corrected chi connectivity index (χ4v) is 4.28. The summed E-state index contributed by atoms with van der Waals surface area (Å²) in [6, 6.07) is 11.5. The lowest BCUT2D eigenvalue weighted by Crippen LogP contribution is -2.40. The molecule has 1 N–H and O–H groups in total. The van der Waals surface area contributed by atoms with Crippen LogP contribution in [0.1, 0.15) is 17.5 Å². The lowest BCUT2D eigenvalue weighted by atomic mass is 10.1. The van der Waals surface area contributed by atoms with E-state index in [0.29, 0.717) is 23.1 Å². The van der Waals surface area contributed by atoms with Crippen molar-refractivity contribution in [3.8, 4) is 5.75 Å². The van der Waals surface area contributed by atoms with E-state index < -0.39 is 0 Å². The zero-order chi connectivity index (χ0) is 19.0. The molecule has 0 fully saturated rings. The Hall–Kier alpha value is -2.93. The molecule has 2 amide bonds. The standard InChI is InChI=1S/C20H19N3O3S/c1-12-9-13(2)19-16(10-12)27-20(22-19)21-17(24)7-8-23-14-5-3-4-6-15(14)26-11-18(23)25/h3-6,9-10H,7-8,11H2,1-2H3,(H,21,22,24). The Balaban J connectivity index is 1.45. The summed E-state index contributed by atoms with van der Waals surface area (Å²) >= 11 is 1.46. The van der Waals surface area contributed by atoms with Gasteiger partial charge in [-0.25, -0.2) is 4.98 Å². The van der Waals surface area contributed by atoms with Gasteiger partial charge in [-0.05, 0) is 43.2 Å². The van der Waals surface area contributed by atoms with Gasteiger partial charge in [-0.1, -0.05) is 29.5 Å². The van der Waals surface area contributed by atoms with Gasteiger partial charge in [-0.2, -0.15) is 0 Å². The molecule has 6 nitrogen and oxygen atoms in total. The number of aryl methyl sites for hydroxylation is 2. The molecular weight excluding hydrogens is 362 g/mol. The second kappa shape index (κ2) is 7.00. The van der Waals surface area contributed by atoms with Gasteiger partial charge < -0.3 is 15.0 Å². The van der Waals surface area contributed by atoms with Crippen LogP contribution in [-0.4, -0.2) is 29.9 Å². The number of nitrogens with zero attached hydrogens (tertiary/aromatic N) is 2. The number of fused-ring (bicyclic) bond motifs is 2. The maximum atomic E-state index is 12.4. The van der Waals surface area contributed by atoms with E-state index >= 15 is 0 Å². The predicted octanol–water partition coefficient (Wildman–Crippen LogP) is 3.67. The predicted molar refractivity (Wildman–Crippen MR) is 107 cm³/mol. The van der Waals surface area contributed by atoms with Crippen molar-refractivity contribution in [3.05, 3.63) is 47.5 Å². The third-order valence-electron chi connectivity index (χ3n) is 4.45. The van der Waals surface area contributed by atoms with E-state index in [0.717, 1.165) is 15.8 Å². The van der Waals surface area contributed by atoms with Crippen LogP contribution < -0.4 is 15.0 Å². The molecule has 138 valence electrons. The molecule has 0 unspecified atom stereocenters. The number of aromatic nitrogens is 1. The summed E-state index contributed by atoms with van der Waals surface area (Å²) in [5.41, 5.74) is 3.88. The van der Waals surface area contributed by atoms with Gasteiger partial charge in [0.05, 0.1) is 15.9 Å². The number of carbonyl (C=O) groups excluding carboxylic acids is 2.